The number of nitrogens with zero attached hydrogens (tertiary/aromatic N) is 5. The van der Waals surface area contributed by atoms with Gasteiger partial charge in [0.05, 0.1) is 41.5 Å². The van der Waals surface area contributed by atoms with E-state index < -0.39 is 5.97 Å². The van der Waals surface area contributed by atoms with Gasteiger partial charge in [-0.1, -0.05) is 29.3 Å². The molecular formula is C27H27Cl2N5O4. The van der Waals surface area contributed by atoms with E-state index in [2.05, 4.69) is 4.98 Å². The first kappa shape index (κ1) is 26.2. The summed E-state index contributed by atoms with van der Waals surface area (Å²) in [5, 5.41) is 5.50. The van der Waals surface area contributed by atoms with Crippen molar-refractivity contribution >= 4 is 41.0 Å². The molecule has 3 atom stereocenters. The van der Waals surface area contributed by atoms with E-state index in [1.165, 1.54) is 7.11 Å². The van der Waals surface area contributed by atoms with Gasteiger partial charge in [0.1, 0.15) is 11.4 Å². The highest BCUT2D eigenvalue weighted by Gasteiger charge is 2.40. The number of carbonyl (C=O) groups is 3. The monoisotopic (exact) mass is 555 g/mol. The van der Waals surface area contributed by atoms with Crippen LogP contribution in [0.1, 0.15) is 81.0 Å². The molecule has 5 rings (SSSR count). The van der Waals surface area contributed by atoms with Gasteiger partial charge in [-0.3, -0.25) is 14.3 Å². The number of hydrogen-bond donors (Lipinski definition) is 0. The van der Waals surface area contributed by atoms with Crippen LogP contribution in [0.3, 0.4) is 0 Å². The first-order valence-corrected chi connectivity index (χ1v) is 13.1. The minimum atomic E-state index is -0.517. The summed E-state index contributed by atoms with van der Waals surface area (Å²) < 4.78 is 6.52. The maximum atomic E-state index is 13.9. The Morgan fingerprint density at radius 2 is 1.87 bits per heavy atom. The quantitative estimate of drug-likeness (QED) is 0.431. The lowest BCUT2D eigenvalue weighted by Crippen LogP contribution is -2.45. The molecule has 2 amide bonds. The number of methoxy groups -OCH3 is 1. The molecule has 9 nitrogen and oxygen atoms in total. The Balaban J connectivity index is 1.44. The van der Waals surface area contributed by atoms with Crippen LogP contribution in [0.15, 0.2) is 36.5 Å². The summed E-state index contributed by atoms with van der Waals surface area (Å²) in [6.45, 7) is 6.66. The van der Waals surface area contributed by atoms with Gasteiger partial charge in [-0.05, 0) is 50.6 Å². The Kier molecular flexibility index (Phi) is 6.92. The van der Waals surface area contributed by atoms with Gasteiger partial charge in [0.2, 0.25) is 0 Å². The second kappa shape index (κ2) is 10.0. The number of pyridine rings is 1. The summed E-state index contributed by atoms with van der Waals surface area (Å²) in [6, 6.07) is 7.74. The summed E-state index contributed by atoms with van der Waals surface area (Å²) in [5.41, 5.74) is 3.55. The van der Waals surface area contributed by atoms with Gasteiger partial charge < -0.3 is 14.5 Å². The smallest absolute Gasteiger partial charge is 0.356 e. The average Bonchev–Trinajstić information content (AvgIpc) is 3.29. The third-order valence-corrected chi connectivity index (χ3v) is 8.08. The average molecular weight is 556 g/mol. The molecular weight excluding hydrogens is 529 g/mol. The van der Waals surface area contributed by atoms with E-state index in [1.54, 1.807) is 51.0 Å². The SMILES string of the molecule is COC(=O)c1ccc(C(C)N2CC(C)n3nc4c(c3C2=O)CN(C(=O)c2ccc(Cl)c(Cl)c2)[C@H](C)C4)cn1. The summed E-state index contributed by atoms with van der Waals surface area (Å²) in [6.07, 6.45) is 2.13. The molecule has 2 unspecified atom stereocenters. The van der Waals surface area contributed by atoms with E-state index in [4.69, 9.17) is 33.0 Å². The molecule has 198 valence electrons. The molecule has 0 N–H and O–H groups in total. The van der Waals surface area contributed by atoms with Crippen LogP contribution in [-0.2, 0) is 17.7 Å². The Labute approximate surface area is 230 Å². The lowest BCUT2D eigenvalue weighted by atomic mass is 9.96. The first-order valence-electron chi connectivity index (χ1n) is 12.3. The van der Waals surface area contributed by atoms with Crippen LogP contribution in [0.5, 0.6) is 0 Å². The third-order valence-electron chi connectivity index (χ3n) is 7.34. The molecule has 0 fully saturated rings. The van der Waals surface area contributed by atoms with Crippen molar-refractivity contribution in [3.05, 3.63) is 80.3 Å². The molecule has 0 saturated carbocycles. The Bertz CT molecular complexity index is 1440. The largest absolute Gasteiger partial charge is 0.464 e. The highest BCUT2D eigenvalue weighted by atomic mass is 35.5. The van der Waals surface area contributed by atoms with E-state index in [9.17, 15) is 14.4 Å². The second-order valence-electron chi connectivity index (χ2n) is 9.78. The van der Waals surface area contributed by atoms with Gasteiger partial charge in [0.25, 0.3) is 11.8 Å². The molecule has 0 bridgehead atoms. The van der Waals surface area contributed by atoms with Gasteiger partial charge in [-0.25, -0.2) is 9.78 Å². The highest BCUT2D eigenvalue weighted by Crippen LogP contribution is 2.35. The number of ether oxygens (including phenoxy) is 1. The zero-order valence-corrected chi connectivity index (χ0v) is 23.0. The standard InChI is InChI=1S/C27H27Cl2N5O4/c1-14-9-23-19(13-32(14)25(35)17-5-7-20(28)21(29)10-17)24-26(36)33(12-15(2)34(24)31-23)16(3)18-6-8-22(30-11-18)27(37)38-4/h5-8,10-11,14-16H,9,12-13H2,1-4H3/t14-,15?,16?/m1/s1. The van der Waals surface area contributed by atoms with Gasteiger partial charge >= 0.3 is 5.97 Å². The lowest BCUT2D eigenvalue weighted by Gasteiger charge is -2.37. The fourth-order valence-electron chi connectivity index (χ4n) is 5.15. The van der Waals surface area contributed by atoms with Crippen molar-refractivity contribution in [3.8, 4) is 0 Å². The van der Waals surface area contributed by atoms with Crippen molar-refractivity contribution in [3.63, 3.8) is 0 Å². The number of amides is 2. The molecule has 0 aliphatic carbocycles. The van der Waals surface area contributed by atoms with Crippen LogP contribution in [0.4, 0.5) is 0 Å². The van der Waals surface area contributed by atoms with Crippen LogP contribution in [0.2, 0.25) is 10.0 Å². The third kappa shape index (κ3) is 4.43. The van der Waals surface area contributed by atoms with Crippen LogP contribution >= 0.6 is 23.2 Å². The van der Waals surface area contributed by atoms with Crippen molar-refractivity contribution in [1.82, 2.24) is 24.6 Å². The Morgan fingerprint density at radius 3 is 2.53 bits per heavy atom. The number of carbonyl (C=O) groups excluding carboxylic acids is 3. The van der Waals surface area contributed by atoms with Crippen molar-refractivity contribution in [1.29, 1.82) is 0 Å². The summed E-state index contributed by atoms with van der Waals surface area (Å²) >= 11 is 12.2. The number of fused-ring (bicyclic) bond motifs is 3. The Morgan fingerprint density at radius 1 is 1.11 bits per heavy atom. The van der Waals surface area contributed by atoms with Crippen molar-refractivity contribution < 1.29 is 19.1 Å². The van der Waals surface area contributed by atoms with Gasteiger partial charge in [0.15, 0.2) is 0 Å². The van der Waals surface area contributed by atoms with Crippen LogP contribution in [-0.4, -0.2) is 62.0 Å². The fraction of sp³-hybridized carbons (Fsp3) is 0.370. The van der Waals surface area contributed by atoms with Gasteiger partial charge in [0, 0.05) is 36.3 Å². The van der Waals surface area contributed by atoms with E-state index >= 15 is 0 Å². The number of esters is 1. The molecule has 11 heteroatoms. The van der Waals surface area contributed by atoms with Crippen molar-refractivity contribution in [2.45, 2.75) is 51.9 Å². The Hall–Kier alpha value is -3.43. The maximum absolute atomic E-state index is 13.9. The minimum Gasteiger partial charge on any atom is -0.464 e. The second-order valence-corrected chi connectivity index (χ2v) is 10.6. The summed E-state index contributed by atoms with van der Waals surface area (Å²) in [7, 11) is 1.30. The molecule has 2 aliphatic rings. The predicted octanol–water partition coefficient (Wildman–Crippen LogP) is 4.74. The number of aromatic nitrogens is 3. The molecule has 1 aromatic carbocycles. The maximum Gasteiger partial charge on any atom is 0.356 e. The van der Waals surface area contributed by atoms with E-state index in [-0.39, 0.29) is 42.2 Å². The van der Waals surface area contributed by atoms with Crippen LogP contribution in [0, 0.1) is 0 Å². The lowest BCUT2D eigenvalue weighted by molar-refractivity contribution is 0.0570. The molecule has 0 radical (unpaired) electrons. The normalized spacial score (nSPS) is 19.6. The fourth-order valence-corrected chi connectivity index (χ4v) is 5.45. The van der Waals surface area contributed by atoms with E-state index in [0.717, 1.165) is 16.8 Å². The van der Waals surface area contributed by atoms with Crippen molar-refractivity contribution in [2.24, 2.45) is 0 Å². The number of halogens is 2. The molecule has 38 heavy (non-hydrogen) atoms. The number of benzene rings is 1. The summed E-state index contributed by atoms with van der Waals surface area (Å²) in [4.78, 5) is 46.8. The van der Waals surface area contributed by atoms with E-state index in [0.29, 0.717) is 34.3 Å². The van der Waals surface area contributed by atoms with Gasteiger partial charge in [-0.2, -0.15) is 5.10 Å². The minimum absolute atomic E-state index is 0.0624. The topological polar surface area (TPSA) is 97.6 Å². The summed E-state index contributed by atoms with van der Waals surface area (Å²) in [5.74, 6) is -0.852. The van der Waals surface area contributed by atoms with Crippen LogP contribution < -0.4 is 0 Å². The molecule has 2 aromatic heterocycles. The number of hydrogen-bond acceptors (Lipinski definition) is 6. The zero-order valence-electron chi connectivity index (χ0n) is 21.4. The molecule has 3 aromatic rings. The molecule has 0 spiro atoms. The molecule has 2 aliphatic heterocycles. The molecule has 0 saturated heterocycles. The van der Waals surface area contributed by atoms with E-state index in [1.807, 2.05) is 20.8 Å². The number of rotatable bonds is 4. The predicted molar refractivity (Wildman–Crippen MR) is 141 cm³/mol. The first-order chi connectivity index (χ1) is 18.1. The highest BCUT2D eigenvalue weighted by molar-refractivity contribution is 6.42. The van der Waals surface area contributed by atoms with Crippen molar-refractivity contribution in [2.75, 3.05) is 13.7 Å². The van der Waals surface area contributed by atoms with Crippen LogP contribution in [0.25, 0.3) is 0 Å². The zero-order chi connectivity index (χ0) is 27.3. The van der Waals surface area contributed by atoms with Gasteiger partial charge in [-0.15, -0.1) is 0 Å². The molecule has 4 heterocycles.